The number of carbonyl (C=O) groups excluding carboxylic acids is 2. The molecule has 0 aliphatic carbocycles. The van der Waals surface area contributed by atoms with E-state index in [0.29, 0.717) is 12.8 Å². The Hall–Kier alpha value is -2.03. The first-order chi connectivity index (χ1) is 25.3. The average molecular weight is 754 g/mol. The van der Waals surface area contributed by atoms with Crippen LogP contribution in [-0.4, -0.2) is 49.3 Å². The van der Waals surface area contributed by atoms with E-state index < -0.39 is 32.5 Å². The molecule has 2 unspecified atom stereocenters. The molecule has 52 heavy (non-hydrogen) atoms. The van der Waals surface area contributed by atoms with Gasteiger partial charge in [0.25, 0.3) is 0 Å². The van der Waals surface area contributed by atoms with Crippen molar-refractivity contribution in [1.82, 2.24) is 0 Å². The van der Waals surface area contributed by atoms with Crippen molar-refractivity contribution in [3.8, 4) is 0 Å². The van der Waals surface area contributed by atoms with Crippen molar-refractivity contribution < 1.29 is 37.6 Å². The number of unbranched alkanes of at least 4 members (excludes halogenated alkanes) is 17. The average Bonchev–Trinajstić information content (AvgIpc) is 3.13. The second kappa shape index (κ2) is 38.7. The van der Waals surface area contributed by atoms with E-state index in [-0.39, 0.29) is 32.6 Å². The first-order valence-electron chi connectivity index (χ1n) is 20.6. The summed E-state index contributed by atoms with van der Waals surface area (Å²) in [6.07, 6.45) is 42.8. The van der Waals surface area contributed by atoms with Crippen LogP contribution in [0.2, 0.25) is 0 Å². The zero-order valence-corrected chi connectivity index (χ0v) is 33.9. The molecule has 0 bridgehead atoms. The Morgan fingerprint density at radius 3 is 1.52 bits per heavy atom. The van der Waals surface area contributed by atoms with Crippen LogP contribution < -0.4 is 5.73 Å². The van der Waals surface area contributed by atoms with Crippen molar-refractivity contribution in [2.24, 2.45) is 5.73 Å². The van der Waals surface area contributed by atoms with Crippen LogP contribution in [0.25, 0.3) is 0 Å². The van der Waals surface area contributed by atoms with E-state index in [1.54, 1.807) is 0 Å². The lowest BCUT2D eigenvalue weighted by atomic mass is 10.0. The van der Waals surface area contributed by atoms with E-state index in [1.165, 1.54) is 77.0 Å². The first-order valence-corrected chi connectivity index (χ1v) is 22.1. The van der Waals surface area contributed by atoms with Crippen LogP contribution in [0.15, 0.2) is 48.6 Å². The SMILES string of the molecule is CCCCCC=CCC=CCC=CCC=CCCCCCC(=O)OCC(COP(=O)(O)OCCN)OC(=O)CCCCCCCCCCCCCC. The lowest BCUT2D eigenvalue weighted by molar-refractivity contribution is -0.161. The van der Waals surface area contributed by atoms with Crippen molar-refractivity contribution in [3.05, 3.63) is 48.6 Å². The molecule has 0 saturated heterocycles. The molecular weight excluding hydrogens is 677 g/mol. The van der Waals surface area contributed by atoms with Crippen molar-refractivity contribution in [3.63, 3.8) is 0 Å². The number of esters is 2. The van der Waals surface area contributed by atoms with Crippen LogP contribution in [-0.2, 0) is 32.7 Å². The van der Waals surface area contributed by atoms with Crippen LogP contribution >= 0.6 is 7.82 Å². The maximum Gasteiger partial charge on any atom is 0.472 e. The number of carbonyl (C=O) groups is 2. The van der Waals surface area contributed by atoms with Gasteiger partial charge in [0.1, 0.15) is 6.61 Å². The van der Waals surface area contributed by atoms with Gasteiger partial charge in [-0.25, -0.2) is 4.57 Å². The highest BCUT2D eigenvalue weighted by Gasteiger charge is 2.25. The maximum atomic E-state index is 12.5. The van der Waals surface area contributed by atoms with E-state index in [9.17, 15) is 19.0 Å². The van der Waals surface area contributed by atoms with Crippen LogP contribution in [0.1, 0.15) is 174 Å². The molecular formula is C42H76NO8P. The van der Waals surface area contributed by atoms with E-state index in [0.717, 1.165) is 57.8 Å². The quantitative estimate of drug-likeness (QED) is 0.0273. The lowest BCUT2D eigenvalue weighted by Crippen LogP contribution is -2.29. The molecule has 0 fully saturated rings. The fraction of sp³-hybridized carbons (Fsp3) is 0.762. The summed E-state index contributed by atoms with van der Waals surface area (Å²) in [6.45, 7) is 3.65. The summed E-state index contributed by atoms with van der Waals surface area (Å²) in [7, 11) is -4.38. The largest absolute Gasteiger partial charge is 0.472 e. The van der Waals surface area contributed by atoms with Crippen molar-refractivity contribution in [2.75, 3.05) is 26.4 Å². The van der Waals surface area contributed by atoms with Gasteiger partial charge in [0, 0.05) is 19.4 Å². The normalized spacial score (nSPS) is 13.8. The van der Waals surface area contributed by atoms with Gasteiger partial charge in [-0.3, -0.25) is 18.6 Å². The molecule has 10 heteroatoms. The molecule has 3 N–H and O–H groups in total. The molecule has 0 aromatic rings. The Morgan fingerprint density at radius 2 is 1.00 bits per heavy atom. The third-order valence-corrected chi connectivity index (χ3v) is 9.45. The molecule has 0 aromatic heterocycles. The summed E-state index contributed by atoms with van der Waals surface area (Å²) in [5, 5.41) is 0. The molecule has 2 atom stereocenters. The van der Waals surface area contributed by atoms with Gasteiger partial charge in [-0.15, -0.1) is 0 Å². The molecule has 0 heterocycles. The third kappa shape index (κ3) is 37.7. The number of nitrogens with two attached hydrogens (primary N) is 1. The summed E-state index contributed by atoms with van der Waals surface area (Å²) in [5.41, 5.74) is 5.33. The van der Waals surface area contributed by atoms with E-state index in [1.807, 2.05) is 0 Å². The summed E-state index contributed by atoms with van der Waals surface area (Å²) < 4.78 is 32.7. The van der Waals surface area contributed by atoms with Gasteiger partial charge >= 0.3 is 19.8 Å². The molecule has 0 aromatic carbocycles. The number of phosphoric ester groups is 1. The topological polar surface area (TPSA) is 134 Å². The highest BCUT2D eigenvalue weighted by Crippen LogP contribution is 2.43. The van der Waals surface area contributed by atoms with Crippen LogP contribution in [0.3, 0.4) is 0 Å². The van der Waals surface area contributed by atoms with E-state index in [4.69, 9.17) is 24.3 Å². The molecule has 0 spiro atoms. The minimum absolute atomic E-state index is 0.0482. The molecule has 0 aliphatic heterocycles. The van der Waals surface area contributed by atoms with Gasteiger partial charge < -0.3 is 20.1 Å². The van der Waals surface area contributed by atoms with E-state index >= 15 is 0 Å². The van der Waals surface area contributed by atoms with Gasteiger partial charge in [0.15, 0.2) is 6.10 Å². The second-order valence-corrected chi connectivity index (χ2v) is 15.0. The molecule has 9 nitrogen and oxygen atoms in total. The van der Waals surface area contributed by atoms with Crippen molar-refractivity contribution in [1.29, 1.82) is 0 Å². The van der Waals surface area contributed by atoms with Crippen LogP contribution in [0, 0.1) is 0 Å². The second-order valence-electron chi connectivity index (χ2n) is 13.5. The Labute approximate surface area is 317 Å². The Kier molecular flexibility index (Phi) is 37.2. The fourth-order valence-corrected chi connectivity index (χ4v) is 6.15. The minimum Gasteiger partial charge on any atom is -0.462 e. The number of hydrogen-bond acceptors (Lipinski definition) is 8. The number of rotatable bonds is 38. The highest BCUT2D eigenvalue weighted by molar-refractivity contribution is 7.47. The third-order valence-electron chi connectivity index (χ3n) is 8.47. The van der Waals surface area contributed by atoms with Crippen molar-refractivity contribution >= 4 is 19.8 Å². The smallest absolute Gasteiger partial charge is 0.462 e. The predicted molar refractivity (Wildman–Crippen MR) is 215 cm³/mol. The molecule has 0 amide bonds. The summed E-state index contributed by atoms with van der Waals surface area (Å²) in [4.78, 5) is 34.8. The van der Waals surface area contributed by atoms with Gasteiger partial charge in [0.2, 0.25) is 0 Å². The molecule has 0 radical (unpaired) electrons. The lowest BCUT2D eigenvalue weighted by Gasteiger charge is -2.19. The van der Waals surface area contributed by atoms with E-state index in [2.05, 4.69) is 62.5 Å². The first kappa shape index (κ1) is 50.0. The van der Waals surface area contributed by atoms with Gasteiger partial charge in [-0.1, -0.05) is 152 Å². The minimum atomic E-state index is -4.38. The maximum absolute atomic E-state index is 12.5. The molecule has 0 aliphatic rings. The molecule has 302 valence electrons. The highest BCUT2D eigenvalue weighted by atomic mass is 31.2. The zero-order valence-electron chi connectivity index (χ0n) is 33.0. The number of phosphoric acid groups is 1. The number of allylic oxidation sites excluding steroid dienone is 8. The van der Waals surface area contributed by atoms with Gasteiger partial charge in [0.05, 0.1) is 13.2 Å². The molecule has 0 rings (SSSR count). The zero-order chi connectivity index (χ0) is 38.2. The van der Waals surface area contributed by atoms with Crippen LogP contribution in [0.5, 0.6) is 0 Å². The summed E-state index contributed by atoms with van der Waals surface area (Å²) in [6, 6.07) is 0. The number of hydrogen-bond donors (Lipinski definition) is 2. The van der Waals surface area contributed by atoms with Crippen LogP contribution in [0.4, 0.5) is 0 Å². The Balaban J connectivity index is 4.23. The molecule has 0 saturated carbocycles. The van der Waals surface area contributed by atoms with Gasteiger partial charge in [-0.05, 0) is 57.8 Å². The predicted octanol–water partition coefficient (Wildman–Crippen LogP) is 11.6. The summed E-state index contributed by atoms with van der Waals surface area (Å²) >= 11 is 0. The summed E-state index contributed by atoms with van der Waals surface area (Å²) in [5.74, 6) is -0.865. The Morgan fingerprint density at radius 1 is 0.577 bits per heavy atom. The monoisotopic (exact) mass is 754 g/mol. The Bertz CT molecular complexity index is 996. The standard InChI is InChI=1S/C42H76NO8P/c1-3-5-7-9-11-13-15-17-18-19-20-21-22-23-25-26-28-30-32-34-41(44)48-38-40(39-50-52(46,47)49-37-36-43)51-42(45)35-33-31-29-27-24-16-14-12-10-8-6-4-2/h11,13,17-18,20-21,23,25,40H,3-10,12,14-16,19,22,24,26-39,43H2,1-2H3,(H,46,47). The fourth-order valence-electron chi connectivity index (χ4n) is 5.38. The van der Waals surface area contributed by atoms with Crippen molar-refractivity contribution in [2.45, 2.75) is 180 Å². The van der Waals surface area contributed by atoms with Gasteiger partial charge in [-0.2, -0.15) is 0 Å². The number of ether oxygens (including phenoxy) is 2.